The Balaban J connectivity index is 2.09. The molecule has 21 heavy (non-hydrogen) atoms. The van der Waals surface area contributed by atoms with Crippen LogP contribution in [0.5, 0.6) is 0 Å². The molecule has 0 saturated carbocycles. The first-order valence-electron chi connectivity index (χ1n) is 6.82. The van der Waals surface area contributed by atoms with Crippen molar-refractivity contribution in [3.05, 3.63) is 41.7 Å². The smallest absolute Gasteiger partial charge is 0.396 e. The second-order valence-electron chi connectivity index (χ2n) is 5.31. The number of aliphatic hydroxyl groups excluding tert-OH is 1. The molecule has 0 amide bonds. The molecule has 1 N–H and O–H groups in total. The maximum absolute atomic E-state index is 13.1. The fraction of sp³-hybridized carbons (Fsp3) is 0.400. The summed E-state index contributed by atoms with van der Waals surface area (Å²) in [6, 6.07) is 5.48. The third kappa shape index (κ3) is 2.55. The van der Waals surface area contributed by atoms with Crippen molar-refractivity contribution in [3.8, 4) is 11.4 Å². The van der Waals surface area contributed by atoms with Crippen molar-refractivity contribution in [2.45, 2.75) is 25.6 Å². The molecule has 1 unspecified atom stereocenters. The maximum atomic E-state index is 13.1. The molecular weight excluding hydrogens is 281 g/mol. The van der Waals surface area contributed by atoms with Crippen LogP contribution < -0.4 is 0 Å². The number of imidazole rings is 1. The van der Waals surface area contributed by atoms with E-state index in [1.807, 2.05) is 0 Å². The van der Waals surface area contributed by atoms with Gasteiger partial charge in [-0.25, -0.2) is 4.98 Å². The summed E-state index contributed by atoms with van der Waals surface area (Å²) < 4.78 is 41.2. The van der Waals surface area contributed by atoms with Gasteiger partial charge in [0.25, 0.3) is 0 Å². The van der Waals surface area contributed by atoms with E-state index in [1.54, 1.807) is 16.8 Å². The molecule has 2 aromatic rings. The molecule has 1 aromatic heterocycles. The Morgan fingerprint density at radius 1 is 1.29 bits per heavy atom. The van der Waals surface area contributed by atoms with E-state index >= 15 is 0 Å². The molecule has 3 rings (SSSR count). The molecule has 1 aromatic carbocycles. The van der Waals surface area contributed by atoms with Gasteiger partial charge in [0.05, 0.1) is 5.56 Å². The molecule has 0 radical (unpaired) electrons. The molecular formula is C15H15F3N2O. The quantitative estimate of drug-likeness (QED) is 0.924. The van der Waals surface area contributed by atoms with E-state index in [2.05, 4.69) is 4.98 Å². The van der Waals surface area contributed by atoms with Crippen molar-refractivity contribution in [2.75, 3.05) is 6.61 Å². The Labute approximate surface area is 120 Å². The number of nitrogens with zero attached hydrogens (tertiary/aromatic N) is 2. The summed E-state index contributed by atoms with van der Waals surface area (Å²) in [5, 5.41) is 9.29. The second kappa shape index (κ2) is 5.18. The van der Waals surface area contributed by atoms with E-state index in [1.165, 1.54) is 12.1 Å². The average molecular weight is 296 g/mol. The van der Waals surface area contributed by atoms with Crippen LogP contribution in [-0.4, -0.2) is 21.3 Å². The molecule has 0 spiro atoms. The van der Waals surface area contributed by atoms with Crippen LogP contribution in [0.4, 0.5) is 13.2 Å². The zero-order chi connectivity index (χ0) is 15.0. The summed E-state index contributed by atoms with van der Waals surface area (Å²) >= 11 is 0. The summed E-state index contributed by atoms with van der Waals surface area (Å²) in [7, 11) is 0. The standard InChI is InChI=1S/C15H15F3N2O/c16-15(17,18)13-4-2-1-3-12(13)14-19-7-11-6-5-10(9-21)8-20(11)14/h1-4,7,10,21H,5-6,8-9H2. The zero-order valence-electron chi connectivity index (χ0n) is 11.3. The molecule has 3 nitrogen and oxygen atoms in total. The molecule has 0 fully saturated rings. The van der Waals surface area contributed by atoms with Crippen molar-refractivity contribution in [3.63, 3.8) is 0 Å². The van der Waals surface area contributed by atoms with Crippen LogP contribution in [0.2, 0.25) is 0 Å². The Bertz CT molecular complexity index is 649. The van der Waals surface area contributed by atoms with Gasteiger partial charge in [-0.2, -0.15) is 13.2 Å². The molecule has 6 heteroatoms. The van der Waals surface area contributed by atoms with Gasteiger partial charge in [0.1, 0.15) is 5.82 Å². The molecule has 0 saturated heterocycles. The first-order valence-corrected chi connectivity index (χ1v) is 6.82. The summed E-state index contributed by atoms with van der Waals surface area (Å²) in [6.07, 6.45) is -1.21. The number of benzene rings is 1. The van der Waals surface area contributed by atoms with E-state index < -0.39 is 11.7 Å². The van der Waals surface area contributed by atoms with Gasteiger partial charge in [0, 0.05) is 36.5 Å². The van der Waals surface area contributed by atoms with Gasteiger partial charge in [-0.3, -0.25) is 0 Å². The number of halogens is 3. The minimum atomic E-state index is -4.41. The molecule has 2 heterocycles. The number of fused-ring (bicyclic) bond motifs is 1. The summed E-state index contributed by atoms with van der Waals surface area (Å²) in [6.45, 7) is 0.547. The lowest BCUT2D eigenvalue weighted by molar-refractivity contribution is -0.137. The van der Waals surface area contributed by atoms with Crippen molar-refractivity contribution in [1.82, 2.24) is 9.55 Å². The Hall–Kier alpha value is -1.82. The topological polar surface area (TPSA) is 38.1 Å². The van der Waals surface area contributed by atoms with Crippen LogP contribution in [0.25, 0.3) is 11.4 Å². The van der Waals surface area contributed by atoms with Gasteiger partial charge in [-0.15, -0.1) is 0 Å². The van der Waals surface area contributed by atoms with Gasteiger partial charge in [-0.05, 0) is 18.9 Å². The van der Waals surface area contributed by atoms with Crippen LogP contribution >= 0.6 is 0 Å². The Kier molecular flexibility index (Phi) is 3.49. The third-order valence-electron chi connectivity index (χ3n) is 3.92. The number of alkyl halides is 3. The Morgan fingerprint density at radius 3 is 2.76 bits per heavy atom. The molecule has 1 aliphatic rings. The fourth-order valence-corrected chi connectivity index (χ4v) is 2.81. The Morgan fingerprint density at radius 2 is 2.05 bits per heavy atom. The fourth-order valence-electron chi connectivity index (χ4n) is 2.81. The van der Waals surface area contributed by atoms with E-state index in [9.17, 15) is 18.3 Å². The second-order valence-corrected chi connectivity index (χ2v) is 5.31. The van der Waals surface area contributed by atoms with E-state index in [-0.39, 0.29) is 18.1 Å². The van der Waals surface area contributed by atoms with Gasteiger partial charge >= 0.3 is 6.18 Å². The molecule has 1 atom stereocenters. The van der Waals surface area contributed by atoms with Gasteiger partial charge < -0.3 is 9.67 Å². The minimum absolute atomic E-state index is 0.0397. The van der Waals surface area contributed by atoms with Crippen molar-refractivity contribution in [1.29, 1.82) is 0 Å². The number of aromatic nitrogens is 2. The number of hydrogen-bond acceptors (Lipinski definition) is 2. The zero-order valence-corrected chi connectivity index (χ0v) is 11.3. The van der Waals surface area contributed by atoms with Crippen molar-refractivity contribution >= 4 is 0 Å². The van der Waals surface area contributed by atoms with Gasteiger partial charge in [0.2, 0.25) is 0 Å². The SMILES string of the molecule is OCC1CCc2cnc(-c3ccccc3C(F)(F)F)n2C1. The van der Waals surface area contributed by atoms with Crippen LogP contribution in [-0.2, 0) is 19.1 Å². The van der Waals surface area contributed by atoms with Crippen LogP contribution in [0.1, 0.15) is 17.7 Å². The lowest BCUT2D eigenvalue weighted by Crippen LogP contribution is -2.23. The highest BCUT2D eigenvalue weighted by molar-refractivity contribution is 5.62. The first kappa shape index (κ1) is 14.1. The highest BCUT2D eigenvalue weighted by atomic mass is 19.4. The first-order chi connectivity index (χ1) is 10.0. The van der Waals surface area contributed by atoms with Crippen molar-refractivity contribution < 1.29 is 18.3 Å². The number of rotatable bonds is 2. The highest BCUT2D eigenvalue weighted by Gasteiger charge is 2.35. The van der Waals surface area contributed by atoms with Gasteiger partial charge in [0.15, 0.2) is 0 Å². The highest BCUT2D eigenvalue weighted by Crippen LogP contribution is 2.37. The molecule has 0 bridgehead atoms. The number of aliphatic hydroxyl groups is 1. The number of aryl methyl sites for hydroxylation is 1. The van der Waals surface area contributed by atoms with E-state index in [4.69, 9.17) is 0 Å². The largest absolute Gasteiger partial charge is 0.417 e. The summed E-state index contributed by atoms with van der Waals surface area (Å²) in [4.78, 5) is 4.19. The van der Waals surface area contributed by atoms with Gasteiger partial charge in [-0.1, -0.05) is 18.2 Å². The van der Waals surface area contributed by atoms with E-state index in [0.717, 1.165) is 24.6 Å². The number of hydrogen-bond donors (Lipinski definition) is 1. The average Bonchev–Trinajstić information content (AvgIpc) is 2.89. The normalized spacial score (nSPS) is 18.6. The van der Waals surface area contributed by atoms with Crippen molar-refractivity contribution in [2.24, 2.45) is 5.92 Å². The molecule has 1 aliphatic heterocycles. The van der Waals surface area contributed by atoms with Crippen LogP contribution in [0.3, 0.4) is 0 Å². The van der Waals surface area contributed by atoms with Crippen LogP contribution in [0.15, 0.2) is 30.5 Å². The molecule has 0 aliphatic carbocycles. The molecule has 112 valence electrons. The maximum Gasteiger partial charge on any atom is 0.417 e. The minimum Gasteiger partial charge on any atom is -0.396 e. The lowest BCUT2D eigenvalue weighted by atomic mass is 9.98. The lowest BCUT2D eigenvalue weighted by Gasteiger charge is -2.24. The third-order valence-corrected chi connectivity index (χ3v) is 3.92. The van der Waals surface area contributed by atoms with Crippen LogP contribution in [0, 0.1) is 5.92 Å². The predicted molar refractivity (Wildman–Crippen MR) is 71.6 cm³/mol. The van der Waals surface area contributed by atoms with E-state index in [0.29, 0.717) is 12.4 Å². The monoisotopic (exact) mass is 296 g/mol. The summed E-state index contributed by atoms with van der Waals surface area (Å²) in [5.41, 5.74) is 0.339. The predicted octanol–water partition coefficient (Wildman–Crippen LogP) is 3.12. The summed E-state index contributed by atoms with van der Waals surface area (Å²) in [5.74, 6) is 0.402.